The first-order valence-corrected chi connectivity index (χ1v) is 12.8. The number of rotatable bonds is 5. The van der Waals surface area contributed by atoms with Gasteiger partial charge >= 0.3 is 5.97 Å². The van der Waals surface area contributed by atoms with Crippen LogP contribution >= 0.6 is 47.1 Å². The van der Waals surface area contributed by atoms with Crippen LogP contribution in [-0.2, 0) is 16.1 Å². The molecule has 2 aliphatic heterocycles. The number of carbonyl (C=O) groups excluding carboxylic acids is 1. The second-order valence-electron chi connectivity index (χ2n) is 6.93. The predicted molar refractivity (Wildman–Crippen MR) is 134 cm³/mol. The molecule has 172 valence electrons. The van der Waals surface area contributed by atoms with Crippen molar-refractivity contribution in [3.63, 3.8) is 0 Å². The van der Waals surface area contributed by atoms with E-state index in [0.29, 0.717) is 22.3 Å². The maximum atomic E-state index is 13.7. The van der Waals surface area contributed by atoms with E-state index in [-0.39, 0.29) is 20.6 Å². The van der Waals surface area contributed by atoms with E-state index in [0.717, 1.165) is 43.6 Å². The number of allylic oxidation sites excluding steroid dienone is 1. The normalized spacial score (nSPS) is 19.2. The van der Waals surface area contributed by atoms with Crippen molar-refractivity contribution in [1.29, 1.82) is 0 Å². The molecule has 0 radical (unpaired) electrons. The Morgan fingerprint density at radius 2 is 1.91 bits per heavy atom. The van der Waals surface area contributed by atoms with Crippen molar-refractivity contribution < 1.29 is 19.1 Å². The minimum atomic E-state index is -1.16. The zero-order chi connectivity index (χ0) is 23.9. The number of aliphatic carboxylic acids is 1. The predicted octanol–water partition coefficient (Wildman–Crippen LogP) is 2.38. The summed E-state index contributed by atoms with van der Waals surface area (Å²) in [6, 6.07) is 4.65. The van der Waals surface area contributed by atoms with Crippen molar-refractivity contribution >= 4 is 79.9 Å². The lowest BCUT2D eigenvalue weighted by Gasteiger charge is -2.17. The maximum absolute atomic E-state index is 13.7. The Bertz CT molecular complexity index is 1400. The molecule has 1 fully saturated rings. The summed E-state index contributed by atoms with van der Waals surface area (Å²) in [5.41, 5.74) is 0.544. The van der Waals surface area contributed by atoms with E-state index >= 15 is 0 Å². The molecule has 12 heteroatoms. The van der Waals surface area contributed by atoms with Crippen LogP contribution in [0.15, 0.2) is 39.0 Å². The number of carboxylic acid groups (broad SMARTS) is 1. The Labute approximate surface area is 205 Å². The van der Waals surface area contributed by atoms with Gasteiger partial charge in [-0.3, -0.25) is 23.9 Å². The lowest BCUT2D eigenvalue weighted by Crippen LogP contribution is -2.35. The van der Waals surface area contributed by atoms with Crippen LogP contribution in [0.3, 0.4) is 0 Å². The number of fused-ring (bicyclic) bond motifs is 1. The van der Waals surface area contributed by atoms with Crippen LogP contribution < -0.4 is 19.7 Å². The first-order valence-electron chi connectivity index (χ1n) is 9.91. The van der Waals surface area contributed by atoms with Gasteiger partial charge in [0.15, 0.2) is 0 Å². The third-order valence-electron chi connectivity index (χ3n) is 4.95. The van der Waals surface area contributed by atoms with Crippen molar-refractivity contribution in [2.24, 2.45) is 0 Å². The maximum Gasteiger partial charge on any atom is 0.323 e. The lowest BCUT2D eigenvalue weighted by atomic mass is 10.3. The number of benzene rings is 1. The number of thioether (sulfide) groups is 2. The standard InChI is InChI=1S/C21H18FN3O4S4/c1-3-23-12-9-11(22)5-6-13(12)31-15(23)8-7-14-18(28)24(4-2)20(32-14)17-19(29)25(10-16(26)27)21(30)33-17/h5-9H,3-4,10H2,1-2H3,(H,26,27)/b14-7+,15-8-,20-17-. The third kappa shape index (κ3) is 4.39. The Morgan fingerprint density at radius 3 is 2.58 bits per heavy atom. The Kier molecular flexibility index (Phi) is 6.80. The van der Waals surface area contributed by atoms with Gasteiger partial charge in [-0.15, -0.1) is 11.3 Å². The van der Waals surface area contributed by atoms with Crippen LogP contribution in [0, 0.1) is 5.82 Å². The van der Waals surface area contributed by atoms with E-state index in [4.69, 9.17) is 17.3 Å². The van der Waals surface area contributed by atoms with E-state index < -0.39 is 18.4 Å². The van der Waals surface area contributed by atoms with Crippen LogP contribution in [0.2, 0.25) is 0 Å². The monoisotopic (exact) mass is 523 g/mol. The zero-order valence-corrected chi connectivity index (χ0v) is 20.8. The Balaban J connectivity index is 1.78. The highest BCUT2D eigenvalue weighted by Gasteiger charge is 2.35. The number of hydrogen-bond acceptors (Lipinski definition) is 8. The summed E-state index contributed by atoms with van der Waals surface area (Å²) in [6.45, 7) is 4.23. The molecule has 2 aliphatic rings. The van der Waals surface area contributed by atoms with E-state index in [2.05, 4.69) is 0 Å². The molecule has 0 aliphatic carbocycles. The summed E-state index contributed by atoms with van der Waals surface area (Å²) in [5.74, 6) is -1.98. The van der Waals surface area contributed by atoms with Crippen LogP contribution in [0.25, 0.3) is 11.0 Å². The van der Waals surface area contributed by atoms with Gasteiger partial charge in [0, 0.05) is 18.0 Å². The minimum Gasteiger partial charge on any atom is -0.480 e. The molecule has 0 unspecified atom stereocenters. The smallest absolute Gasteiger partial charge is 0.323 e. The summed E-state index contributed by atoms with van der Waals surface area (Å²) in [6.07, 6.45) is 3.52. The quantitative estimate of drug-likeness (QED) is 0.599. The molecule has 1 saturated heterocycles. The molecule has 2 aromatic rings. The minimum absolute atomic E-state index is 0.152. The highest BCUT2D eigenvalue weighted by atomic mass is 32.2. The fraction of sp³-hybridized carbons (Fsp3) is 0.238. The second kappa shape index (κ2) is 9.45. The molecular weight excluding hydrogens is 506 g/mol. The number of aromatic nitrogens is 1. The molecule has 1 N–H and O–H groups in total. The lowest BCUT2D eigenvalue weighted by molar-refractivity contribution is -0.140. The van der Waals surface area contributed by atoms with Gasteiger partial charge in [-0.2, -0.15) is 0 Å². The summed E-state index contributed by atoms with van der Waals surface area (Å²) in [7, 11) is 0. The van der Waals surface area contributed by atoms with Gasteiger partial charge in [-0.05, 0) is 44.2 Å². The second-order valence-corrected chi connectivity index (χ2v) is 10.7. The van der Waals surface area contributed by atoms with Gasteiger partial charge in [0.05, 0.1) is 15.2 Å². The highest BCUT2D eigenvalue weighted by Crippen LogP contribution is 2.45. The SMILES string of the molecule is CCN1/C(=C/C=c2/s/c(=C3\SC(=S)N(CC(=O)O)C3=O)n(CC)c2=O)Sc2ccc(F)cc21. The van der Waals surface area contributed by atoms with Crippen LogP contribution in [0.4, 0.5) is 10.1 Å². The first-order chi connectivity index (χ1) is 15.7. The van der Waals surface area contributed by atoms with E-state index in [9.17, 15) is 18.8 Å². The number of thiazole rings is 1. The molecule has 7 nitrogen and oxygen atoms in total. The molecule has 4 rings (SSSR count). The van der Waals surface area contributed by atoms with Crippen LogP contribution in [0.5, 0.6) is 0 Å². The number of carboxylic acids is 1. The van der Waals surface area contributed by atoms with E-state index in [1.54, 1.807) is 19.1 Å². The summed E-state index contributed by atoms with van der Waals surface area (Å²) >= 11 is 8.83. The Hall–Kier alpha value is -2.41. The van der Waals surface area contributed by atoms with Gasteiger partial charge in [-0.1, -0.05) is 35.7 Å². The number of thiocarbonyl (C=S) groups is 1. The molecule has 33 heavy (non-hydrogen) atoms. The number of halogens is 1. The average molecular weight is 524 g/mol. The van der Waals surface area contributed by atoms with E-state index in [1.807, 2.05) is 17.9 Å². The van der Waals surface area contributed by atoms with Crippen LogP contribution in [-0.4, -0.2) is 43.9 Å². The molecule has 1 amide bonds. The molecule has 0 saturated carbocycles. The van der Waals surface area contributed by atoms with Crippen molar-refractivity contribution in [1.82, 2.24) is 9.47 Å². The largest absolute Gasteiger partial charge is 0.480 e. The molecule has 0 atom stereocenters. The summed E-state index contributed by atoms with van der Waals surface area (Å²) in [4.78, 5) is 41.1. The van der Waals surface area contributed by atoms with Crippen molar-refractivity contribution in [2.75, 3.05) is 18.0 Å². The highest BCUT2D eigenvalue weighted by molar-refractivity contribution is 8.30. The number of carbonyl (C=O) groups is 2. The first kappa shape index (κ1) is 23.7. The number of nitrogens with zero attached hydrogens (tertiary/aromatic N) is 3. The van der Waals surface area contributed by atoms with Gasteiger partial charge in [0.1, 0.15) is 26.3 Å². The zero-order valence-electron chi connectivity index (χ0n) is 17.5. The third-order valence-corrected chi connectivity index (χ3v) is 8.79. The topological polar surface area (TPSA) is 82.8 Å². The molecule has 1 aromatic carbocycles. The van der Waals surface area contributed by atoms with Gasteiger partial charge in [-0.25, -0.2) is 4.39 Å². The fourth-order valence-electron chi connectivity index (χ4n) is 3.46. The molecule has 0 bridgehead atoms. The fourth-order valence-corrected chi connectivity index (χ4v) is 7.09. The molecule has 0 spiro atoms. The summed E-state index contributed by atoms with van der Waals surface area (Å²) < 4.78 is 16.2. The van der Waals surface area contributed by atoms with Crippen molar-refractivity contribution in [3.8, 4) is 0 Å². The number of amides is 1. The van der Waals surface area contributed by atoms with Crippen molar-refractivity contribution in [3.05, 3.63) is 54.7 Å². The number of hydrogen-bond donors (Lipinski definition) is 1. The molecular formula is C21H18FN3O4S4. The van der Waals surface area contributed by atoms with Gasteiger partial charge in [0.2, 0.25) is 0 Å². The Morgan fingerprint density at radius 1 is 1.15 bits per heavy atom. The molecule has 1 aromatic heterocycles. The van der Waals surface area contributed by atoms with Crippen molar-refractivity contribution in [2.45, 2.75) is 25.3 Å². The van der Waals surface area contributed by atoms with Gasteiger partial charge < -0.3 is 10.0 Å². The van der Waals surface area contributed by atoms with Crippen LogP contribution in [0.1, 0.15) is 13.8 Å². The summed E-state index contributed by atoms with van der Waals surface area (Å²) in [5, 5.41) is 9.91. The number of anilines is 1. The molecule has 3 heterocycles. The van der Waals surface area contributed by atoms with E-state index in [1.165, 1.54) is 28.5 Å². The van der Waals surface area contributed by atoms with Gasteiger partial charge in [0.25, 0.3) is 11.5 Å². The average Bonchev–Trinajstić information content (AvgIpc) is 3.37.